The van der Waals surface area contributed by atoms with Gasteiger partial charge in [-0.15, -0.1) is 0 Å². The van der Waals surface area contributed by atoms with Crippen LogP contribution >= 0.6 is 0 Å². The van der Waals surface area contributed by atoms with Crippen LogP contribution in [-0.4, -0.2) is 12.1 Å². The molecule has 3 aliphatic carbocycles. The number of nitrogens with zero attached hydrogens (tertiary/aromatic N) is 1. The maximum Gasteiger partial charge on any atom is 0.136 e. The number of hydrogen-bond donors (Lipinski definition) is 0. The third kappa shape index (κ3) is 6.90. The van der Waals surface area contributed by atoms with Crippen LogP contribution in [0.1, 0.15) is 62.7 Å². The van der Waals surface area contributed by atoms with Crippen molar-refractivity contribution in [1.82, 2.24) is 0 Å². The van der Waals surface area contributed by atoms with Crippen LogP contribution in [-0.2, 0) is 5.41 Å². The van der Waals surface area contributed by atoms with E-state index in [-0.39, 0.29) is 59.1 Å². The third-order valence-corrected chi connectivity index (χ3v) is 12.8. The smallest absolute Gasteiger partial charge is 0.136 e. The summed E-state index contributed by atoms with van der Waals surface area (Å²) in [4.78, 5) is 1.66. The van der Waals surface area contributed by atoms with Crippen molar-refractivity contribution in [3.05, 3.63) is 282 Å². The molecular formula is C63H49NO. The number of para-hydroxylation sites is 1. The summed E-state index contributed by atoms with van der Waals surface area (Å²) in [7, 11) is 0. The molecule has 0 radical (unpaired) electrons. The van der Waals surface area contributed by atoms with E-state index in [1.807, 2.05) is 109 Å². The summed E-state index contributed by atoms with van der Waals surface area (Å²) in [5.74, 6) is 0. The maximum atomic E-state index is 10.1. The van der Waals surface area contributed by atoms with E-state index < -0.39 is 23.9 Å². The van der Waals surface area contributed by atoms with E-state index in [0.717, 1.165) is 49.9 Å². The first kappa shape index (κ1) is 31.8. The predicted octanol–water partition coefficient (Wildman–Crippen LogP) is 16.0. The number of furan rings is 1. The molecule has 0 amide bonds. The number of rotatable bonds is 11. The van der Waals surface area contributed by atoms with E-state index in [9.17, 15) is 11.0 Å². The molecule has 8 aromatic rings. The minimum atomic E-state index is -1.51. The van der Waals surface area contributed by atoms with E-state index in [2.05, 4.69) is 61.7 Å². The zero-order chi connectivity index (χ0) is 50.7. The van der Waals surface area contributed by atoms with Crippen LogP contribution in [0.15, 0.2) is 248 Å². The first-order valence-electron chi connectivity index (χ1n) is 26.0. The molecule has 1 heterocycles. The second-order valence-corrected chi connectivity index (χ2v) is 16.4. The molecule has 3 aliphatic rings. The molecule has 7 aromatic carbocycles. The summed E-state index contributed by atoms with van der Waals surface area (Å²) in [6.07, 6.45) is 13.8. The fraction of sp³-hybridized carbons (Fsp3) is 0.0794. The molecule has 11 rings (SSSR count). The van der Waals surface area contributed by atoms with Crippen LogP contribution in [0.4, 0.5) is 5.69 Å². The fourth-order valence-corrected chi connectivity index (χ4v) is 9.95. The van der Waals surface area contributed by atoms with Gasteiger partial charge in [-0.2, -0.15) is 0 Å². The molecule has 0 saturated heterocycles. The van der Waals surface area contributed by atoms with Gasteiger partial charge in [-0.3, -0.25) is 0 Å². The zero-order valence-electron chi connectivity index (χ0n) is 43.7. The van der Waals surface area contributed by atoms with Crippen molar-refractivity contribution >= 4 is 50.9 Å². The van der Waals surface area contributed by atoms with Crippen LogP contribution < -0.4 is 4.90 Å². The quantitative estimate of drug-likeness (QED) is 0.121. The van der Waals surface area contributed by atoms with Gasteiger partial charge in [0.1, 0.15) is 11.2 Å². The van der Waals surface area contributed by atoms with Crippen molar-refractivity contribution < 1.29 is 15.4 Å². The van der Waals surface area contributed by atoms with Gasteiger partial charge in [-0.1, -0.05) is 219 Å². The van der Waals surface area contributed by atoms with Gasteiger partial charge in [-0.25, -0.2) is 0 Å². The summed E-state index contributed by atoms with van der Waals surface area (Å²) >= 11 is 0. The Hall–Kier alpha value is -7.94. The molecular weight excluding hydrogens is 787 g/mol. The third-order valence-electron chi connectivity index (χ3n) is 12.8. The van der Waals surface area contributed by atoms with E-state index in [1.54, 1.807) is 41.3 Å². The molecule has 0 aliphatic heterocycles. The van der Waals surface area contributed by atoms with Crippen molar-refractivity contribution in [2.45, 2.75) is 30.3 Å². The standard InChI is InChI=1S/C63H49NO/c1-3-5-18-44-30-31-48(42-47(44)19-6-4-2)45-32-36-51(37-33-45)64(52-38-34-46(35-39-52)54-26-17-29-61-62(54)57-25-14-16-28-60(57)65-61)53-40-41-56-55-24-13-15-27-58(55)63(59(56)43-53,49-20-9-7-10-21-49)50-22-11-8-12-23-50/h3-36,38-39,41-43,51,53H,1-2,37,40H2/b18-5-,19-6-/i32D,33D,34D,35D,36D,37D,38D,39D. The summed E-state index contributed by atoms with van der Waals surface area (Å²) in [5, 5.41) is 1.43. The van der Waals surface area contributed by atoms with Gasteiger partial charge >= 0.3 is 0 Å². The molecule has 0 fully saturated rings. The Morgan fingerprint density at radius 2 is 1.34 bits per heavy atom. The zero-order valence-corrected chi connectivity index (χ0v) is 35.7. The highest BCUT2D eigenvalue weighted by atomic mass is 16.3. The van der Waals surface area contributed by atoms with Gasteiger partial charge in [0, 0.05) is 17.8 Å². The van der Waals surface area contributed by atoms with E-state index in [1.165, 1.54) is 0 Å². The lowest BCUT2D eigenvalue weighted by molar-refractivity contribution is 0.609. The normalized spacial score (nSPS) is 20.8. The lowest BCUT2D eigenvalue weighted by atomic mass is 9.66. The summed E-state index contributed by atoms with van der Waals surface area (Å²) in [6.45, 7) is 7.63. The first-order chi connectivity index (χ1) is 35.5. The highest BCUT2D eigenvalue weighted by molar-refractivity contribution is 6.12. The lowest BCUT2D eigenvalue weighted by Gasteiger charge is -2.42. The van der Waals surface area contributed by atoms with E-state index >= 15 is 0 Å². The number of benzene rings is 7. The van der Waals surface area contributed by atoms with Gasteiger partial charge in [0.05, 0.1) is 27.1 Å². The van der Waals surface area contributed by atoms with Crippen LogP contribution in [0.3, 0.4) is 0 Å². The monoisotopic (exact) mass is 843 g/mol. The van der Waals surface area contributed by atoms with Crippen LogP contribution in [0, 0.1) is 0 Å². The number of hydrogen-bond acceptors (Lipinski definition) is 2. The minimum Gasteiger partial charge on any atom is -0.456 e. The Labute approximate surface area is 393 Å². The number of allylic oxidation sites excluding steroid dienone is 8. The molecule has 3 unspecified atom stereocenters. The van der Waals surface area contributed by atoms with Crippen LogP contribution in [0.2, 0.25) is 0 Å². The highest BCUT2D eigenvalue weighted by Gasteiger charge is 2.49. The van der Waals surface area contributed by atoms with Crippen molar-refractivity contribution in [2.24, 2.45) is 0 Å². The van der Waals surface area contributed by atoms with E-state index in [4.69, 9.17) is 4.42 Å². The highest BCUT2D eigenvalue weighted by Crippen LogP contribution is 2.58. The summed E-state index contributed by atoms with van der Waals surface area (Å²) in [5.41, 5.74) is 9.14. The van der Waals surface area contributed by atoms with Crippen LogP contribution in [0.25, 0.3) is 56.4 Å². The summed E-state index contributed by atoms with van der Waals surface area (Å²) < 4.78 is 85.5. The van der Waals surface area contributed by atoms with E-state index in [0.29, 0.717) is 34.1 Å². The van der Waals surface area contributed by atoms with Gasteiger partial charge < -0.3 is 9.32 Å². The minimum absolute atomic E-state index is 0.0865. The van der Waals surface area contributed by atoms with Gasteiger partial charge in [0.2, 0.25) is 0 Å². The van der Waals surface area contributed by atoms with Crippen molar-refractivity contribution in [2.75, 3.05) is 4.90 Å². The Kier molecular flexibility index (Phi) is 8.31. The molecule has 2 heteroatoms. The fourth-order valence-electron chi connectivity index (χ4n) is 9.95. The molecule has 0 bridgehead atoms. The Morgan fingerprint density at radius 3 is 2.11 bits per heavy atom. The Morgan fingerprint density at radius 1 is 0.662 bits per heavy atom. The molecule has 0 spiro atoms. The second kappa shape index (κ2) is 17.0. The lowest BCUT2D eigenvalue weighted by Crippen LogP contribution is -2.43. The SMILES string of the molecule is [2H]C1=C([2H])C(N(c2c([2H])c([2H])c(-c3cccc4oc5ccccc5c34)c([2H])c2[2H])C2C=C3C(=CC2)c2ccccc2C3(c2ccccc2)c2ccccc2)C([2H])C([2H])=C1c1ccc(/C=C\C=C)c(/C=C\C=C)c1. The largest absolute Gasteiger partial charge is 0.456 e. The molecule has 1 aromatic heterocycles. The van der Waals surface area contributed by atoms with Crippen LogP contribution in [0.5, 0.6) is 0 Å². The molecule has 0 N–H and O–H groups in total. The molecule has 312 valence electrons. The number of fused-ring (bicyclic) bond motifs is 6. The van der Waals surface area contributed by atoms with Crippen molar-refractivity contribution in [1.29, 1.82) is 0 Å². The Balaban J connectivity index is 1.15. The van der Waals surface area contributed by atoms with Gasteiger partial charge in [-0.05, 0) is 110 Å². The van der Waals surface area contributed by atoms with Gasteiger partial charge in [0.25, 0.3) is 0 Å². The van der Waals surface area contributed by atoms with Crippen molar-refractivity contribution in [3.8, 4) is 11.1 Å². The molecule has 2 nitrogen and oxygen atoms in total. The van der Waals surface area contributed by atoms with Crippen molar-refractivity contribution in [3.63, 3.8) is 0 Å². The topological polar surface area (TPSA) is 16.4 Å². The molecule has 3 atom stereocenters. The first-order valence-corrected chi connectivity index (χ1v) is 22.0. The summed E-state index contributed by atoms with van der Waals surface area (Å²) in [6, 6.07) is 43.1. The Bertz CT molecular complexity index is 3700. The van der Waals surface area contributed by atoms with Gasteiger partial charge in [0.15, 0.2) is 0 Å². The predicted molar refractivity (Wildman–Crippen MR) is 276 cm³/mol. The molecule has 0 saturated carbocycles. The maximum absolute atomic E-state index is 10.1. The second-order valence-electron chi connectivity index (χ2n) is 16.4. The molecule has 65 heavy (non-hydrogen) atoms. The average Bonchev–Trinajstić information content (AvgIpc) is 3.95. The average molecular weight is 844 g/mol. The number of anilines is 1.